The van der Waals surface area contributed by atoms with Crippen molar-refractivity contribution in [2.75, 3.05) is 12.3 Å². The van der Waals surface area contributed by atoms with E-state index < -0.39 is 5.60 Å². The van der Waals surface area contributed by atoms with Crippen molar-refractivity contribution < 1.29 is 5.11 Å². The van der Waals surface area contributed by atoms with E-state index in [-0.39, 0.29) is 0 Å². The Bertz CT molecular complexity index is 312. The van der Waals surface area contributed by atoms with Crippen LogP contribution >= 0.6 is 11.8 Å². The minimum atomic E-state index is -0.701. The molecule has 0 aliphatic heterocycles. The molecule has 92 valence electrons. The molecule has 0 aliphatic carbocycles. The SMILES string of the molecule is Cn1ccnc1SCCCCC(C)(O)CN. The van der Waals surface area contributed by atoms with Crippen molar-refractivity contribution in [2.45, 2.75) is 36.9 Å². The van der Waals surface area contributed by atoms with Gasteiger partial charge in [-0.05, 0) is 26.2 Å². The van der Waals surface area contributed by atoms with Crippen LogP contribution in [0.1, 0.15) is 26.2 Å². The molecule has 0 fully saturated rings. The molecule has 1 aromatic heterocycles. The first-order valence-corrected chi connectivity index (χ1v) is 6.56. The van der Waals surface area contributed by atoms with Crippen molar-refractivity contribution in [3.05, 3.63) is 12.4 Å². The molecule has 1 unspecified atom stereocenters. The van der Waals surface area contributed by atoms with Crippen molar-refractivity contribution in [1.29, 1.82) is 0 Å². The number of rotatable bonds is 7. The molecular formula is C11H21N3OS. The smallest absolute Gasteiger partial charge is 0.167 e. The Morgan fingerprint density at radius 2 is 2.31 bits per heavy atom. The number of unbranched alkanes of at least 4 members (excludes halogenated alkanes) is 1. The van der Waals surface area contributed by atoms with Crippen LogP contribution in [0.15, 0.2) is 17.6 Å². The molecule has 0 spiro atoms. The number of aromatic nitrogens is 2. The molecule has 0 saturated heterocycles. The second-order valence-electron chi connectivity index (χ2n) is 4.33. The number of aliphatic hydroxyl groups is 1. The molecule has 0 radical (unpaired) electrons. The van der Waals surface area contributed by atoms with Gasteiger partial charge in [0.15, 0.2) is 5.16 Å². The third-order valence-corrected chi connectivity index (χ3v) is 3.70. The fourth-order valence-corrected chi connectivity index (χ4v) is 2.30. The predicted octanol–water partition coefficient (Wildman–Crippen LogP) is 1.39. The van der Waals surface area contributed by atoms with Crippen LogP contribution in [0.4, 0.5) is 0 Å². The van der Waals surface area contributed by atoms with Crippen LogP contribution in [0, 0.1) is 0 Å². The lowest BCUT2D eigenvalue weighted by atomic mass is 10.00. The lowest BCUT2D eigenvalue weighted by Crippen LogP contribution is -2.33. The number of imidazole rings is 1. The van der Waals surface area contributed by atoms with Gasteiger partial charge in [-0.15, -0.1) is 0 Å². The van der Waals surface area contributed by atoms with Crippen molar-refractivity contribution in [3.63, 3.8) is 0 Å². The van der Waals surface area contributed by atoms with E-state index in [1.54, 1.807) is 18.7 Å². The highest BCUT2D eigenvalue weighted by atomic mass is 32.2. The van der Waals surface area contributed by atoms with E-state index in [0.717, 1.165) is 30.2 Å². The Labute approximate surface area is 101 Å². The summed E-state index contributed by atoms with van der Waals surface area (Å²) in [6, 6.07) is 0. The molecule has 0 amide bonds. The molecule has 1 rings (SSSR count). The Morgan fingerprint density at radius 1 is 1.56 bits per heavy atom. The van der Waals surface area contributed by atoms with Gasteiger partial charge in [0.05, 0.1) is 5.60 Å². The van der Waals surface area contributed by atoms with Gasteiger partial charge in [0.2, 0.25) is 0 Å². The normalized spacial score (nSPS) is 15.0. The summed E-state index contributed by atoms with van der Waals surface area (Å²) in [4.78, 5) is 4.23. The van der Waals surface area contributed by atoms with E-state index in [0.29, 0.717) is 6.54 Å². The second-order valence-corrected chi connectivity index (χ2v) is 5.39. The predicted molar refractivity (Wildman–Crippen MR) is 67.5 cm³/mol. The maximum atomic E-state index is 9.70. The molecule has 16 heavy (non-hydrogen) atoms. The van der Waals surface area contributed by atoms with Crippen molar-refractivity contribution in [2.24, 2.45) is 12.8 Å². The van der Waals surface area contributed by atoms with Crippen LogP contribution in [-0.4, -0.2) is 32.6 Å². The summed E-state index contributed by atoms with van der Waals surface area (Å²) >= 11 is 1.75. The monoisotopic (exact) mass is 243 g/mol. The third kappa shape index (κ3) is 4.55. The van der Waals surface area contributed by atoms with Gasteiger partial charge in [-0.3, -0.25) is 0 Å². The fraction of sp³-hybridized carbons (Fsp3) is 0.727. The van der Waals surface area contributed by atoms with Crippen LogP contribution in [0.2, 0.25) is 0 Å². The molecule has 0 saturated carbocycles. The highest BCUT2D eigenvalue weighted by Crippen LogP contribution is 2.18. The highest BCUT2D eigenvalue weighted by molar-refractivity contribution is 7.99. The van der Waals surface area contributed by atoms with E-state index in [2.05, 4.69) is 4.98 Å². The number of hydrogen-bond donors (Lipinski definition) is 2. The Balaban J connectivity index is 2.11. The number of nitrogens with zero attached hydrogens (tertiary/aromatic N) is 2. The van der Waals surface area contributed by atoms with Gasteiger partial charge >= 0.3 is 0 Å². The topological polar surface area (TPSA) is 64.1 Å². The molecular weight excluding hydrogens is 222 g/mol. The van der Waals surface area contributed by atoms with Gasteiger partial charge in [0, 0.05) is 31.7 Å². The van der Waals surface area contributed by atoms with Crippen molar-refractivity contribution >= 4 is 11.8 Å². The van der Waals surface area contributed by atoms with Gasteiger partial charge in [0.25, 0.3) is 0 Å². The minimum Gasteiger partial charge on any atom is -0.389 e. The Morgan fingerprint density at radius 3 is 2.88 bits per heavy atom. The molecule has 1 heterocycles. The number of nitrogens with two attached hydrogens (primary N) is 1. The minimum absolute atomic E-state index is 0.333. The molecule has 5 heteroatoms. The zero-order chi connectivity index (χ0) is 12.0. The molecule has 0 bridgehead atoms. The first kappa shape index (κ1) is 13.5. The quantitative estimate of drug-likeness (QED) is 0.561. The number of thioether (sulfide) groups is 1. The zero-order valence-electron chi connectivity index (χ0n) is 10.0. The lowest BCUT2D eigenvalue weighted by Gasteiger charge is -2.20. The fourth-order valence-electron chi connectivity index (χ4n) is 1.36. The van der Waals surface area contributed by atoms with Crippen LogP contribution in [0.3, 0.4) is 0 Å². The molecule has 1 aromatic rings. The van der Waals surface area contributed by atoms with Crippen LogP contribution < -0.4 is 5.73 Å². The van der Waals surface area contributed by atoms with E-state index in [9.17, 15) is 5.11 Å². The molecule has 0 aromatic carbocycles. The van der Waals surface area contributed by atoms with Gasteiger partial charge in [-0.2, -0.15) is 0 Å². The highest BCUT2D eigenvalue weighted by Gasteiger charge is 2.16. The second kappa shape index (κ2) is 6.27. The van der Waals surface area contributed by atoms with Gasteiger partial charge < -0.3 is 15.4 Å². The van der Waals surface area contributed by atoms with E-state index in [1.807, 2.05) is 24.0 Å². The summed E-state index contributed by atoms with van der Waals surface area (Å²) in [5.74, 6) is 1.03. The summed E-state index contributed by atoms with van der Waals surface area (Å²) in [5.41, 5.74) is 4.75. The molecule has 3 N–H and O–H groups in total. The van der Waals surface area contributed by atoms with E-state index in [4.69, 9.17) is 5.73 Å². The summed E-state index contributed by atoms with van der Waals surface area (Å²) in [7, 11) is 1.99. The lowest BCUT2D eigenvalue weighted by molar-refractivity contribution is 0.0577. The average molecular weight is 243 g/mol. The van der Waals surface area contributed by atoms with E-state index >= 15 is 0 Å². The number of aryl methyl sites for hydroxylation is 1. The summed E-state index contributed by atoms with van der Waals surface area (Å²) in [6.45, 7) is 2.12. The maximum Gasteiger partial charge on any atom is 0.167 e. The first-order valence-electron chi connectivity index (χ1n) is 5.58. The summed E-state index contributed by atoms with van der Waals surface area (Å²) < 4.78 is 2.01. The van der Waals surface area contributed by atoms with Crippen LogP contribution in [-0.2, 0) is 7.05 Å². The summed E-state index contributed by atoms with van der Waals surface area (Å²) in [5, 5.41) is 10.7. The molecule has 1 atom stereocenters. The van der Waals surface area contributed by atoms with Gasteiger partial charge in [0.1, 0.15) is 0 Å². The van der Waals surface area contributed by atoms with Gasteiger partial charge in [-0.25, -0.2) is 4.98 Å². The van der Waals surface area contributed by atoms with Crippen LogP contribution in [0.25, 0.3) is 0 Å². The largest absolute Gasteiger partial charge is 0.389 e. The average Bonchev–Trinajstić information content (AvgIpc) is 2.64. The van der Waals surface area contributed by atoms with E-state index in [1.165, 1.54) is 0 Å². The third-order valence-electron chi connectivity index (χ3n) is 2.56. The molecule has 0 aliphatic rings. The zero-order valence-corrected chi connectivity index (χ0v) is 10.8. The Hall–Kier alpha value is -0.520. The maximum absolute atomic E-state index is 9.70. The van der Waals surface area contributed by atoms with Gasteiger partial charge in [-0.1, -0.05) is 11.8 Å². The standard InChI is InChI=1S/C11H21N3OS/c1-11(15,9-12)5-3-4-8-16-10-13-6-7-14(10)2/h6-7,15H,3-5,8-9,12H2,1-2H3. The molecule has 4 nitrogen and oxygen atoms in total. The van der Waals surface area contributed by atoms with Crippen molar-refractivity contribution in [3.8, 4) is 0 Å². The number of hydrogen-bond acceptors (Lipinski definition) is 4. The van der Waals surface area contributed by atoms with Crippen LogP contribution in [0.5, 0.6) is 0 Å². The summed E-state index contributed by atoms with van der Waals surface area (Å²) in [6.07, 6.45) is 6.60. The Kier molecular flexibility index (Phi) is 5.31. The van der Waals surface area contributed by atoms with Crippen molar-refractivity contribution in [1.82, 2.24) is 9.55 Å². The first-order chi connectivity index (χ1) is 7.55.